The molecule has 0 aliphatic rings. The quantitative estimate of drug-likeness (QED) is 0.304. The Morgan fingerprint density at radius 2 is 1.68 bits per heavy atom. The van der Waals surface area contributed by atoms with Crippen molar-refractivity contribution in [3.63, 3.8) is 0 Å². The standard InChI is InChI=1S/C23H28INO2S/c1-18(2)14-20(4)16-25(17-22(15-24)21-8-6-5-7-9-21)28(26,27)23-12-10-19(3)11-13-23/h5-13,15,18H,4,14,16-17H2,1-3H3/b22-15-. The van der Waals surface area contributed by atoms with Gasteiger partial charge in [-0.05, 0) is 46.6 Å². The molecule has 0 N–H and O–H groups in total. The first-order chi connectivity index (χ1) is 13.2. The molecule has 0 spiro atoms. The highest BCUT2D eigenvalue weighted by atomic mass is 127. The van der Waals surface area contributed by atoms with Crippen LogP contribution in [0, 0.1) is 12.8 Å². The fourth-order valence-electron chi connectivity index (χ4n) is 3.01. The third-order valence-electron chi connectivity index (χ3n) is 4.38. The first-order valence-corrected chi connectivity index (χ1v) is 12.0. The fourth-order valence-corrected chi connectivity index (χ4v) is 5.00. The van der Waals surface area contributed by atoms with E-state index in [-0.39, 0.29) is 0 Å². The Labute approximate surface area is 183 Å². The van der Waals surface area contributed by atoms with Gasteiger partial charge in [0.25, 0.3) is 0 Å². The molecule has 2 aromatic carbocycles. The first kappa shape index (κ1) is 22.8. The Balaban J connectivity index is 2.38. The molecule has 2 aromatic rings. The summed E-state index contributed by atoms with van der Waals surface area (Å²) < 4.78 is 30.3. The number of sulfonamides is 1. The van der Waals surface area contributed by atoms with Crippen molar-refractivity contribution in [3.8, 4) is 0 Å². The maximum absolute atomic E-state index is 13.4. The van der Waals surface area contributed by atoms with Crippen molar-refractivity contribution in [1.29, 1.82) is 0 Å². The highest BCUT2D eigenvalue weighted by Gasteiger charge is 2.26. The van der Waals surface area contributed by atoms with Gasteiger partial charge < -0.3 is 0 Å². The number of aryl methyl sites for hydroxylation is 1. The number of nitrogens with zero attached hydrogens (tertiary/aromatic N) is 1. The van der Waals surface area contributed by atoms with E-state index in [2.05, 4.69) is 43.0 Å². The summed E-state index contributed by atoms with van der Waals surface area (Å²) in [5.41, 5.74) is 3.95. The largest absolute Gasteiger partial charge is 0.243 e. The van der Waals surface area contributed by atoms with Crippen molar-refractivity contribution < 1.29 is 8.42 Å². The topological polar surface area (TPSA) is 37.4 Å². The molecule has 150 valence electrons. The Morgan fingerprint density at radius 3 is 2.21 bits per heavy atom. The summed E-state index contributed by atoms with van der Waals surface area (Å²) in [6.07, 6.45) is 0.800. The van der Waals surface area contributed by atoms with Gasteiger partial charge in [-0.3, -0.25) is 0 Å². The Bertz CT molecular complexity index is 917. The Kier molecular flexibility index (Phi) is 8.46. The van der Waals surface area contributed by atoms with Crippen LogP contribution >= 0.6 is 22.6 Å². The monoisotopic (exact) mass is 509 g/mol. The van der Waals surface area contributed by atoms with Crippen LogP contribution < -0.4 is 0 Å². The summed E-state index contributed by atoms with van der Waals surface area (Å²) >= 11 is 2.18. The van der Waals surface area contributed by atoms with Gasteiger partial charge >= 0.3 is 0 Å². The van der Waals surface area contributed by atoms with Crippen LogP contribution in [0.15, 0.2) is 75.7 Å². The van der Waals surface area contributed by atoms with Gasteiger partial charge in [0.05, 0.1) is 4.90 Å². The van der Waals surface area contributed by atoms with E-state index in [1.165, 1.54) is 0 Å². The second-order valence-electron chi connectivity index (χ2n) is 7.43. The van der Waals surface area contributed by atoms with Crippen molar-refractivity contribution >= 4 is 38.2 Å². The number of halogens is 1. The van der Waals surface area contributed by atoms with Crippen LogP contribution in [0.3, 0.4) is 0 Å². The molecule has 0 radical (unpaired) electrons. The fraction of sp³-hybridized carbons (Fsp3) is 0.304. The van der Waals surface area contributed by atoms with Crippen LogP contribution in [0.1, 0.15) is 31.4 Å². The predicted molar refractivity (Wildman–Crippen MR) is 127 cm³/mol. The molecular formula is C23H28INO2S. The van der Waals surface area contributed by atoms with Crippen molar-refractivity contribution in [1.82, 2.24) is 4.31 Å². The minimum atomic E-state index is -3.63. The van der Waals surface area contributed by atoms with Gasteiger partial charge in [-0.1, -0.05) is 96.6 Å². The molecule has 28 heavy (non-hydrogen) atoms. The molecule has 0 saturated carbocycles. The number of hydrogen-bond acceptors (Lipinski definition) is 2. The number of rotatable bonds is 9. The summed E-state index contributed by atoms with van der Waals surface area (Å²) in [5.74, 6) is 0.435. The lowest BCUT2D eigenvalue weighted by Crippen LogP contribution is -2.34. The second-order valence-corrected chi connectivity index (χ2v) is 10.00. The summed E-state index contributed by atoms with van der Waals surface area (Å²) in [6, 6.07) is 16.9. The van der Waals surface area contributed by atoms with Crippen molar-refractivity contribution in [2.75, 3.05) is 13.1 Å². The normalized spacial score (nSPS) is 12.6. The molecule has 3 nitrogen and oxygen atoms in total. The zero-order valence-corrected chi connectivity index (χ0v) is 19.7. The van der Waals surface area contributed by atoms with Crippen LogP contribution in [0.25, 0.3) is 5.57 Å². The van der Waals surface area contributed by atoms with E-state index in [9.17, 15) is 8.42 Å². The zero-order chi connectivity index (χ0) is 20.7. The Hall–Kier alpha value is -1.44. The minimum absolute atomic E-state index is 0.306. The third kappa shape index (κ3) is 6.29. The molecule has 0 unspecified atom stereocenters. The van der Waals surface area contributed by atoms with E-state index in [0.29, 0.717) is 23.9 Å². The maximum Gasteiger partial charge on any atom is 0.243 e. The lowest BCUT2D eigenvalue weighted by Gasteiger charge is -2.25. The van der Waals surface area contributed by atoms with Gasteiger partial charge in [0.1, 0.15) is 0 Å². The molecule has 0 bridgehead atoms. The lowest BCUT2D eigenvalue weighted by molar-refractivity contribution is 0.460. The average molecular weight is 509 g/mol. The molecule has 2 rings (SSSR count). The summed E-state index contributed by atoms with van der Waals surface area (Å²) in [7, 11) is -3.63. The molecule has 0 aliphatic carbocycles. The molecule has 0 atom stereocenters. The average Bonchev–Trinajstić information content (AvgIpc) is 2.65. The van der Waals surface area contributed by atoms with Crippen LogP contribution in [-0.2, 0) is 10.0 Å². The molecular weight excluding hydrogens is 481 g/mol. The van der Waals surface area contributed by atoms with Gasteiger partial charge in [0.15, 0.2) is 0 Å². The first-order valence-electron chi connectivity index (χ1n) is 9.32. The minimum Gasteiger partial charge on any atom is -0.207 e. The van der Waals surface area contributed by atoms with E-state index in [1.54, 1.807) is 16.4 Å². The van der Waals surface area contributed by atoms with Crippen molar-refractivity contribution in [2.24, 2.45) is 5.92 Å². The summed E-state index contributed by atoms with van der Waals surface area (Å²) in [6.45, 7) is 10.9. The van der Waals surface area contributed by atoms with Gasteiger partial charge in [-0.25, -0.2) is 8.42 Å². The van der Waals surface area contributed by atoms with Gasteiger partial charge in [-0.2, -0.15) is 4.31 Å². The van der Waals surface area contributed by atoms with E-state index in [0.717, 1.165) is 28.7 Å². The third-order valence-corrected chi connectivity index (χ3v) is 6.94. The van der Waals surface area contributed by atoms with Crippen molar-refractivity contribution in [3.05, 3.63) is 82.0 Å². The van der Waals surface area contributed by atoms with Crippen LogP contribution in [0.2, 0.25) is 0 Å². The molecule has 5 heteroatoms. The van der Waals surface area contributed by atoms with Crippen LogP contribution in [-0.4, -0.2) is 25.8 Å². The summed E-state index contributed by atoms with van der Waals surface area (Å²) in [5, 5.41) is 0. The SMILES string of the molecule is C=C(CC(C)C)CN(C/C(=C/I)c1ccccc1)S(=O)(=O)c1ccc(C)cc1. The molecule has 0 heterocycles. The molecule has 0 fully saturated rings. The van der Waals surface area contributed by atoms with Gasteiger partial charge in [0, 0.05) is 13.1 Å². The summed E-state index contributed by atoms with van der Waals surface area (Å²) in [4.78, 5) is 0.316. The van der Waals surface area contributed by atoms with Crippen LogP contribution in [0.4, 0.5) is 0 Å². The van der Waals surface area contributed by atoms with Gasteiger partial charge in [-0.15, -0.1) is 0 Å². The predicted octanol–water partition coefficient (Wildman–Crippen LogP) is 6.06. The number of hydrogen-bond donors (Lipinski definition) is 0. The van der Waals surface area contributed by atoms with Crippen molar-refractivity contribution in [2.45, 2.75) is 32.1 Å². The van der Waals surface area contributed by atoms with E-state index < -0.39 is 10.0 Å². The van der Waals surface area contributed by atoms with E-state index in [1.807, 2.05) is 53.5 Å². The van der Waals surface area contributed by atoms with Crippen LogP contribution in [0.5, 0.6) is 0 Å². The molecule has 0 aromatic heterocycles. The zero-order valence-electron chi connectivity index (χ0n) is 16.7. The smallest absolute Gasteiger partial charge is 0.207 e. The highest BCUT2D eigenvalue weighted by molar-refractivity contribution is 14.1. The Morgan fingerprint density at radius 1 is 1.07 bits per heavy atom. The van der Waals surface area contributed by atoms with Gasteiger partial charge in [0.2, 0.25) is 10.0 Å². The number of benzene rings is 2. The highest BCUT2D eigenvalue weighted by Crippen LogP contribution is 2.25. The van der Waals surface area contributed by atoms with E-state index in [4.69, 9.17) is 0 Å². The lowest BCUT2D eigenvalue weighted by atomic mass is 10.0. The molecule has 0 amide bonds. The molecule has 0 aliphatic heterocycles. The second kappa shape index (κ2) is 10.4. The van der Waals surface area contributed by atoms with E-state index >= 15 is 0 Å². The molecule has 0 saturated heterocycles. The maximum atomic E-state index is 13.4.